The lowest BCUT2D eigenvalue weighted by molar-refractivity contribution is 0.192. The minimum atomic E-state index is -1.56. The van der Waals surface area contributed by atoms with Crippen LogP contribution >= 0.6 is 0 Å². The fourth-order valence-electron chi connectivity index (χ4n) is 1.58. The Labute approximate surface area is 93.7 Å². The number of alkyl halides is 1. The van der Waals surface area contributed by atoms with E-state index in [9.17, 15) is 4.39 Å². The molecule has 0 aliphatic heterocycles. The Balaban J connectivity index is 2.49. The Hall–Kier alpha value is -1.68. The smallest absolute Gasteiger partial charge is 0.162 e. The molecule has 0 spiro atoms. The molecule has 1 heterocycles. The first-order valence-corrected chi connectivity index (χ1v) is 5.14. The van der Waals surface area contributed by atoms with E-state index in [1.54, 1.807) is 16.9 Å². The van der Waals surface area contributed by atoms with Crippen LogP contribution in [0.3, 0.4) is 0 Å². The van der Waals surface area contributed by atoms with Crippen molar-refractivity contribution in [2.24, 2.45) is 5.73 Å². The van der Waals surface area contributed by atoms with Crippen molar-refractivity contribution in [3.8, 4) is 5.69 Å². The minimum absolute atomic E-state index is 0.0640. The van der Waals surface area contributed by atoms with Crippen LogP contribution in [0.5, 0.6) is 0 Å². The van der Waals surface area contributed by atoms with Crippen molar-refractivity contribution in [3.63, 3.8) is 0 Å². The van der Waals surface area contributed by atoms with Crippen LogP contribution in [0, 0.1) is 0 Å². The number of aromatic nitrogens is 2. The maximum Gasteiger partial charge on any atom is 0.162 e. The molecule has 0 saturated carbocycles. The van der Waals surface area contributed by atoms with E-state index in [1.165, 1.54) is 6.92 Å². The van der Waals surface area contributed by atoms with Crippen LogP contribution in [0.4, 0.5) is 4.39 Å². The maximum absolute atomic E-state index is 14.1. The van der Waals surface area contributed by atoms with Crippen LogP contribution in [-0.4, -0.2) is 16.3 Å². The number of hydrogen-bond donors (Lipinski definition) is 1. The number of hydrogen-bond acceptors (Lipinski definition) is 2. The highest BCUT2D eigenvalue weighted by Crippen LogP contribution is 2.25. The Bertz CT molecular complexity index is 462. The number of halogens is 1. The Morgan fingerprint density at radius 2 is 2.00 bits per heavy atom. The molecule has 1 aromatic carbocycles. The molecule has 0 fully saturated rings. The molecule has 1 unspecified atom stereocenters. The summed E-state index contributed by atoms with van der Waals surface area (Å²) in [5.41, 5.74) is 5.17. The normalized spacial score (nSPS) is 14.7. The zero-order valence-electron chi connectivity index (χ0n) is 9.10. The van der Waals surface area contributed by atoms with Gasteiger partial charge in [-0.2, -0.15) is 5.10 Å². The molecule has 2 aromatic rings. The fraction of sp³-hybridized carbons (Fsp3) is 0.250. The van der Waals surface area contributed by atoms with Crippen molar-refractivity contribution in [3.05, 3.63) is 48.3 Å². The van der Waals surface area contributed by atoms with Crippen molar-refractivity contribution >= 4 is 0 Å². The minimum Gasteiger partial charge on any atom is -0.327 e. The van der Waals surface area contributed by atoms with Crippen LogP contribution in [0.2, 0.25) is 0 Å². The molecule has 16 heavy (non-hydrogen) atoms. The lowest BCUT2D eigenvalue weighted by Gasteiger charge is -2.19. The van der Waals surface area contributed by atoms with E-state index in [1.807, 2.05) is 30.3 Å². The monoisotopic (exact) mass is 219 g/mol. The first kappa shape index (κ1) is 10.8. The van der Waals surface area contributed by atoms with E-state index in [0.29, 0.717) is 5.69 Å². The topological polar surface area (TPSA) is 43.8 Å². The van der Waals surface area contributed by atoms with Gasteiger partial charge in [-0.3, -0.25) is 0 Å². The van der Waals surface area contributed by atoms with Crippen LogP contribution in [0.25, 0.3) is 5.69 Å². The van der Waals surface area contributed by atoms with E-state index in [-0.39, 0.29) is 6.54 Å². The summed E-state index contributed by atoms with van der Waals surface area (Å²) in [6.07, 6.45) is 1.58. The van der Waals surface area contributed by atoms with Crippen LogP contribution < -0.4 is 5.73 Å². The van der Waals surface area contributed by atoms with Crippen molar-refractivity contribution < 1.29 is 4.39 Å². The summed E-state index contributed by atoms with van der Waals surface area (Å²) >= 11 is 0. The zero-order chi connectivity index (χ0) is 11.6. The standard InChI is InChI=1S/C12H14FN3/c1-12(13,9-14)11-7-8-15-16(11)10-5-3-2-4-6-10/h2-8H,9,14H2,1H3. The van der Waals surface area contributed by atoms with Gasteiger partial charge >= 0.3 is 0 Å². The third-order valence-electron chi connectivity index (χ3n) is 2.56. The molecule has 0 amide bonds. The number of nitrogens with two attached hydrogens (primary N) is 1. The highest BCUT2D eigenvalue weighted by atomic mass is 19.1. The number of benzene rings is 1. The highest BCUT2D eigenvalue weighted by molar-refractivity contribution is 5.33. The molecule has 84 valence electrons. The lowest BCUT2D eigenvalue weighted by atomic mass is 10.1. The number of nitrogens with zero attached hydrogens (tertiary/aromatic N) is 2. The van der Waals surface area contributed by atoms with Crippen LogP contribution in [0.1, 0.15) is 12.6 Å². The molecule has 0 aliphatic carbocycles. The van der Waals surface area contributed by atoms with Gasteiger partial charge < -0.3 is 5.73 Å². The summed E-state index contributed by atoms with van der Waals surface area (Å²) in [7, 11) is 0. The molecule has 3 nitrogen and oxygen atoms in total. The summed E-state index contributed by atoms with van der Waals surface area (Å²) in [5.74, 6) is 0. The third kappa shape index (κ3) is 1.84. The molecule has 4 heteroatoms. The van der Waals surface area contributed by atoms with E-state index in [0.717, 1.165) is 5.69 Å². The number of para-hydroxylation sites is 1. The molecule has 1 aromatic heterocycles. The van der Waals surface area contributed by atoms with Gasteiger partial charge in [0.15, 0.2) is 5.67 Å². The molecular formula is C12H14FN3. The van der Waals surface area contributed by atoms with E-state index in [2.05, 4.69) is 5.10 Å². The summed E-state index contributed by atoms with van der Waals surface area (Å²) in [6, 6.07) is 11.1. The van der Waals surface area contributed by atoms with Gasteiger partial charge in [0.05, 0.1) is 11.4 Å². The zero-order valence-corrected chi connectivity index (χ0v) is 9.10. The van der Waals surface area contributed by atoms with Gasteiger partial charge in [-0.15, -0.1) is 0 Å². The second kappa shape index (κ2) is 4.06. The van der Waals surface area contributed by atoms with E-state index >= 15 is 0 Å². The van der Waals surface area contributed by atoms with Gasteiger partial charge in [0.2, 0.25) is 0 Å². The third-order valence-corrected chi connectivity index (χ3v) is 2.56. The second-order valence-corrected chi connectivity index (χ2v) is 3.87. The largest absolute Gasteiger partial charge is 0.327 e. The molecule has 0 saturated heterocycles. The first-order valence-electron chi connectivity index (χ1n) is 5.14. The average Bonchev–Trinajstić information content (AvgIpc) is 2.80. The van der Waals surface area contributed by atoms with Crippen molar-refractivity contribution in [2.75, 3.05) is 6.54 Å². The molecule has 0 radical (unpaired) electrons. The maximum atomic E-state index is 14.1. The first-order chi connectivity index (χ1) is 7.65. The summed E-state index contributed by atoms with van der Waals surface area (Å²) in [4.78, 5) is 0. The van der Waals surface area contributed by atoms with Crippen LogP contribution in [0.15, 0.2) is 42.6 Å². The Morgan fingerprint density at radius 3 is 2.62 bits per heavy atom. The second-order valence-electron chi connectivity index (χ2n) is 3.87. The average molecular weight is 219 g/mol. The quantitative estimate of drug-likeness (QED) is 0.858. The van der Waals surface area contributed by atoms with E-state index < -0.39 is 5.67 Å². The molecule has 2 N–H and O–H groups in total. The van der Waals surface area contributed by atoms with Gasteiger partial charge in [0.25, 0.3) is 0 Å². The van der Waals surface area contributed by atoms with Crippen molar-refractivity contribution in [1.29, 1.82) is 0 Å². The van der Waals surface area contributed by atoms with Crippen LogP contribution in [-0.2, 0) is 5.67 Å². The Morgan fingerprint density at radius 1 is 1.31 bits per heavy atom. The predicted octanol–water partition coefficient (Wildman–Crippen LogP) is 2.02. The Kier molecular flexibility index (Phi) is 2.75. The molecule has 1 atom stereocenters. The molecule has 2 rings (SSSR count). The van der Waals surface area contributed by atoms with E-state index in [4.69, 9.17) is 5.73 Å². The molecule has 0 aliphatic rings. The van der Waals surface area contributed by atoms with Crippen molar-refractivity contribution in [2.45, 2.75) is 12.6 Å². The molecular weight excluding hydrogens is 205 g/mol. The van der Waals surface area contributed by atoms with Gasteiger partial charge in [-0.05, 0) is 25.1 Å². The highest BCUT2D eigenvalue weighted by Gasteiger charge is 2.28. The lowest BCUT2D eigenvalue weighted by Crippen LogP contribution is -2.29. The van der Waals surface area contributed by atoms with Gasteiger partial charge in [-0.25, -0.2) is 9.07 Å². The van der Waals surface area contributed by atoms with Crippen molar-refractivity contribution in [1.82, 2.24) is 9.78 Å². The number of rotatable bonds is 3. The molecule has 0 bridgehead atoms. The van der Waals surface area contributed by atoms with Gasteiger partial charge in [-0.1, -0.05) is 18.2 Å². The van der Waals surface area contributed by atoms with Gasteiger partial charge in [0, 0.05) is 12.7 Å². The summed E-state index contributed by atoms with van der Waals surface area (Å²) in [6.45, 7) is 1.40. The van der Waals surface area contributed by atoms with Gasteiger partial charge in [0.1, 0.15) is 0 Å². The SMILES string of the molecule is CC(F)(CN)c1ccnn1-c1ccccc1. The fourth-order valence-corrected chi connectivity index (χ4v) is 1.58. The summed E-state index contributed by atoms with van der Waals surface area (Å²) < 4.78 is 15.7. The predicted molar refractivity (Wildman–Crippen MR) is 61.1 cm³/mol. The summed E-state index contributed by atoms with van der Waals surface area (Å²) in [5, 5.41) is 4.12.